The van der Waals surface area contributed by atoms with Gasteiger partial charge in [0.25, 0.3) is 5.91 Å². The van der Waals surface area contributed by atoms with Crippen molar-refractivity contribution >= 4 is 23.3 Å². The van der Waals surface area contributed by atoms with Gasteiger partial charge >= 0.3 is 0 Å². The van der Waals surface area contributed by atoms with Gasteiger partial charge in [-0.25, -0.2) is 0 Å². The Kier molecular flexibility index (Phi) is 4.22. The van der Waals surface area contributed by atoms with Crippen LogP contribution in [0, 0.1) is 6.92 Å². The van der Waals surface area contributed by atoms with Crippen LogP contribution in [0.3, 0.4) is 0 Å². The summed E-state index contributed by atoms with van der Waals surface area (Å²) < 4.78 is 4.84. The molecule has 0 saturated heterocycles. The van der Waals surface area contributed by atoms with Crippen molar-refractivity contribution in [3.05, 3.63) is 41.7 Å². The quantitative estimate of drug-likeness (QED) is 0.825. The molecule has 1 aromatic heterocycles. The number of hydrogen-bond donors (Lipinski definition) is 2. The molecule has 2 aromatic rings. The number of nitrogens with two attached hydrogens (primary N) is 1. The minimum Gasteiger partial charge on any atom is -0.399 e. The first-order valence-electron chi connectivity index (χ1n) is 6.30. The fourth-order valence-corrected chi connectivity index (χ4v) is 1.79. The normalized spacial score (nSPS) is 10.2. The van der Waals surface area contributed by atoms with E-state index < -0.39 is 0 Å². The number of carbonyl (C=O) groups is 2. The molecule has 0 aliphatic carbocycles. The van der Waals surface area contributed by atoms with Crippen LogP contribution in [0.5, 0.6) is 0 Å². The number of nitrogens with zero attached hydrogens (tertiary/aromatic N) is 2. The molecular weight excluding hydrogens is 272 g/mol. The number of aryl methyl sites for hydroxylation is 1. The molecule has 2 amide bonds. The summed E-state index contributed by atoms with van der Waals surface area (Å²) in [5.41, 5.74) is 6.56. The van der Waals surface area contributed by atoms with Crippen LogP contribution in [0.2, 0.25) is 0 Å². The smallest absolute Gasteiger partial charge is 0.254 e. The molecule has 3 N–H and O–H groups in total. The summed E-state index contributed by atoms with van der Waals surface area (Å²) in [4.78, 5) is 25.3. The molecule has 1 heterocycles. The molecule has 0 spiro atoms. The lowest BCUT2D eigenvalue weighted by Gasteiger charge is -2.16. The van der Waals surface area contributed by atoms with Crippen molar-refractivity contribution in [2.75, 3.05) is 24.6 Å². The van der Waals surface area contributed by atoms with Crippen LogP contribution in [-0.2, 0) is 4.79 Å². The number of nitrogens with one attached hydrogen (secondary N) is 1. The predicted octanol–water partition coefficient (Wildman–Crippen LogP) is 1.28. The molecule has 0 aliphatic rings. The first-order chi connectivity index (χ1) is 9.95. The van der Waals surface area contributed by atoms with Crippen molar-refractivity contribution in [2.45, 2.75) is 6.92 Å². The highest BCUT2D eigenvalue weighted by Crippen LogP contribution is 2.10. The molecule has 0 saturated carbocycles. The lowest BCUT2D eigenvalue weighted by Crippen LogP contribution is -2.35. The standard InChI is InChI=1S/C14H16N4O3/c1-9-6-12(17-21-9)16-13(19)8-18(2)14(20)10-4-3-5-11(15)7-10/h3-7H,8,15H2,1-2H3,(H,16,17,19). The Morgan fingerprint density at radius 2 is 2.14 bits per heavy atom. The van der Waals surface area contributed by atoms with Gasteiger partial charge in [-0.05, 0) is 25.1 Å². The second-order valence-corrected chi connectivity index (χ2v) is 4.66. The zero-order chi connectivity index (χ0) is 15.4. The average molecular weight is 288 g/mol. The van der Waals surface area contributed by atoms with Crippen molar-refractivity contribution in [2.24, 2.45) is 0 Å². The van der Waals surface area contributed by atoms with Gasteiger partial charge in [0.2, 0.25) is 5.91 Å². The van der Waals surface area contributed by atoms with Gasteiger partial charge in [0.1, 0.15) is 5.76 Å². The van der Waals surface area contributed by atoms with Crippen LogP contribution in [0.1, 0.15) is 16.1 Å². The van der Waals surface area contributed by atoms with Crippen LogP contribution < -0.4 is 11.1 Å². The molecule has 0 unspecified atom stereocenters. The molecule has 7 nitrogen and oxygen atoms in total. The van der Waals surface area contributed by atoms with Gasteiger partial charge in [0, 0.05) is 24.4 Å². The number of anilines is 2. The van der Waals surface area contributed by atoms with Crippen LogP contribution in [-0.4, -0.2) is 35.5 Å². The van der Waals surface area contributed by atoms with Crippen LogP contribution in [0.25, 0.3) is 0 Å². The van der Waals surface area contributed by atoms with E-state index in [2.05, 4.69) is 10.5 Å². The van der Waals surface area contributed by atoms with Gasteiger partial charge in [-0.1, -0.05) is 11.2 Å². The molecule has 21 heavy (non-hydrogen) atoms. The predicted molar refractivity (Wildman–Crippen MR) is 77.7 cm³/mol. The number of aromatic nitrogens is 1. The maximum absolute atomic E-state index is 12.1. The SMILES string of the molecule is Cc1cc(NC(=O)CN(C)C(=O)c2cccc(N)c2)no1. The first-order valence-corrected chi connectivity index (χ1v) is 6.30. The van der Waals surface area contributed by atoms with E-state index in [1.807, 2.05) is 0 Å². The molecule has 110 valence electrons. The number of rotatable bonds is 4. The van der Waals surface area contributed by atoms with Gasteiger partial charge in [-0.3, -0.25) is 9.59 Å². The Labute approximate surface area is 121 Å². The Hall–Kier alpha value is -2.83. The second-order valence-electron chi connectivity index (χ2n) is 4.66. The number of nitrogen functional groups attached to an aromatic ring is 1. The highest BCUT2D eigenvalue weighted by molar-refractivity contribution is 5.99. The van der Waals surface area contributed by atoms with Crippen molar-refractivity contribution in [3.8, 4) is 0 Å². The minimum absolute atomic E-state index is 0.0977. The van der Waals surface area contributed by atoms with Gasteiger partial charge in [-0.2, -0.15) is 0 Å². The molecule has 1 aromatic carbocycles. The van der Waals surface area contributed by atoms with Crippen LogP contribution in [0.15, 0.2) is 34.9 Å². The number of benzene rings is 1. The van der Waals surface area contributed by atoms with Crippen molar-refractivity contribution in [3.63, 3.8) is 0 Å². The van der Waals surface area contributed by atoms with Crippen molar-refractivity contribution in [1.29, 1.82) is 0 Å². The van der Waals surface area contributed by atoms with E-state index >= 15 is 0 Å². The summed E-state index contributed by atoms with van der Waals surface area (Å²) in [6, 6.07) is 8.19. The second kappa shape index (κ2) is 6.08. The Morgan fingerprint density at radius 1 is 1.38 bits per heavy atom. The third kappa shape index (κ3) is 3.82. The lowest BCUT2D eigenvalue weighted by atomic mass is 10.2. The minimum atomic E-state index is -0.358. The van der Waals surface area contributed by atoms with E-state index in [1.54, 1.807) is 44.3 Å². The Bertz CT molecular complexity index is 666. The van der Waals surface area contributed by atoms with E-state index in [0.717, 1.165) is 0 Å². The Morgan fingerprint density at radius 3 is 2.76 bits per heavy atom. The summed E-state index contributed by atoms with van der Waals surface area (Å²) >= 11 is 0. The fraction of sp³-hybridized carbons (Fsp3) is 0.214. The first kappa shape index (κ1) is 14.6. The highest BCUT2D eigenvalue weighted by atomic mass is 16.5. The summed E-state index contributed by atoms with van der Waals surface area (Å²) in [5, 5.41) is 6.20. The number of carbonyl (C=O) groups excluding carboxylic acids is 2. The lowest BCUT2D eigenvalue weighted by molar-refractivity contribution is -0.116. The van der Waals surface area contributed by atoms with Gasteiger partial charge in [0.15, 0.2) is 5.82 Å². The van der Waals surface area contributed by atoms with E-state index in [9.17, 15) is 9.59 Å². The van der Waals surface area contributed by atoms with E-state index in [4.69, 9.17) is 10.3 Å². The maximum atomic E-state index is 12.1. The Balaban J connectivity index is 1.95. The van der Waals surface area contributed by atoms with Crippen LogP contribution >= 0.6 is 0 Å². The third-order valence-corrected chi connectivity index (χ3v) is 2.76. The van der Waals surface area contributed by atoms with Crippen LogP contribution in [0.4, 0.5) is 11.5 Å². The highest BCUT2D eigenvalue weighted by Gasteiger charge is 2.16. The zero-order valence-electron chi connectivity index (χ0n) is 11.8. The molecule has 0 aliphatic heterocycles. The topological polar surface area (TPSA) is 101 Å². The number of amides is 2. The van der Waals surface area contributed by atoms with Crippen molar-refractivity contribution < 1.29 is 14.1 Å². The third-order valence-electron chi connectivity index (χ3n) is 2.76. The average Bonchev–Trinajstić information content (AvgIpc) is 2.82. The maximum Gasteiger partial charge on any atom is 0.254 e. The summed E-state index contributed by atoms with van der Waals surface area (Å²) in [6.07, 6.45) is 0. The van der Waals surface area contributed by atoms with Gasteiger partial charge in [-0.15, -0.1) is 0 Å². The molecule has 0 bridgehead atoms. The molecule has 2 rings (SSSR count). The summed E-state index contributed by atoms with van der Waals surface area (Å²) in [6.45, 7) is 1.62. The largest absolute Gasteiger partial charge is 0.399 e. The fourth-order valence-electron chi connectivity index (χ4n) is 1.79. The van der Waals surface area contributed by atoms with Gasteiger partial charge in [0.05, 0.1) is 6.54 Å². The van der Waals surface area contributed by atoms with E-state index in [0.29, 0.717) is 22.8 Å². The summed E-state index contributed by atoms with van der Waals surface area (Å²) in [5.74, 6) is 0.272. The molecule has 0 radical (unpaired) electrons. The van der Waals surface area contributed by atoms with Gasteiger partial charge < -0.3 is 20.5 Å². The molecule has 0 atom stereocenters. The number of likely N-dealkylation sites (N-methyl/N-ethyl adjacent to an activating group) is 1. The van der Waals surface area contributed by atoms with E-state index in [1.165, 1.54) is 4.90 Å². The molecular formula is C14H16N4O3. The molecule has 0 fully saturated rings. The summed E-state index contributed by atoms with van der Waals surface area (Å²) in [7, 11) is 1.54. The van der Waals surface area contributed by atoms with Crippen molar-refractivity contribution in [1.82, 2.24) is 10.1 Å². The zero-order valence-corrected chi connectivity index (χ0v) is 11.8. The molecule has 7 heteroatoms. The monoisotopic (exact) mass is 288 g/mol. The number of hydrogen-bond acceptors (Lipinski definition) is 5. The van der Waals surface area contributed by atoms with E-state index in [-0.39, 0.29) is 18.4 Å².